The average Bonchev–Trinajstić information content (AvgIpc) is 3.04. The van der Waals surface area contributed by atoms with Gasteiger partial charge in [0.05, 0.1) is 0 Å². The van der Waals surface area contributed by atoms with Gasteiger partial charge in [0, 0.05) is 6.42 Å². The van der Waals surface area contributed by atoms with Gasteiger partial charge in [0.25, 0.3) is 5.97 Å². The maximum atomic E-state index is 11.1. The van der Waals surface area contributed by atoms with Gasteiger partial charge in [0.1, 0.15) is 0 Å². The molecule has 0 heterocycles. The number of hydrogen-bond donors (Lipinski definition) is 0. The van der Waals surface area contributed by atoms with E-state index >= 15 is 0 Å². The Hall–Kier alpha value is -0.341. The van der Waals surface area contributed by atoms with Gasteiger partial charge in [0.15, 0.2) is 0 Å². The van der Waals surface area contributed by atoms with Crippen LogP contribution in [-0.4, -0.2) is 11.9 Å². The summed E-state index contributed by atoms with van der Waals surface area (Å²) >= 11 is 0. The largest absolute Gasteiger partial charge is 2.00 e. The molecule has 0 N–H and O–H groups in total. The van der Waals surface area contributed by atoms with E-state index in [1.807, 2.05) is 6.42 Å². The Labute approximate surface area is 121 Å². The van der Waals surface area contributed by atoms with E-state index in [9.17, 15) is 9.59 Å². The fourth-order valence-electron chi connectivity index (χ4n) is 1.97. The SMILES string of the molecule is CCC(=O)OC(=O)C1[CH-]CCC1.[CH-]1CCCC1.[Fe+2]. The van der Waals surface area contributed by atoms with E-state index < -0.39 is 5.97 Å². The van der Waals surface area contributed by atoms with Crippen LogP contribution < -0.4 is 0 Å². The molecule has 0 saturated heterocycles. The molecule has 18 heavy (non-hydrogen) atoms. The van der Waals surface area contributed by atoms with Gasteiger partial charge < -0.3 is 17.6 Å². The number of hydrogen-bond acceptors (Lipinski definition) is 3. The molecule has 1 atom stereocenters. The summed E-state index contributed by atoms with van der Waals surface area (Å²) in [6.45, 7) is 1.67. The van der Waals surface area contributed by atoms with Crippen LogP contribution in [-0.2, 0) is 31.4 Å². The van der Waals surface area contributed by atoms with E-state index in [1.54, 1.807) is 6.92 Å². The zero-order valence-electron chi connectivity index (χ0n) is 11.0. The van der Waals surface area contributed by atoms with Crippen LogP contribution >= 0.6 is 0 Å². The first-order chi connectivity index (χ1) is 8.24. The van der Waals surface area contributed by atoms with Gasteiger partial charge >= 0.3 is 23.0 Å². The summed E-state index contributed by atoms with van der Waals surface area (Å²) in [5.74, 6) is -0.944. The van der Waals surface area contributed by atoms with Crippen molar-refractivity contribution in [1.82, 2.24) is 0 Å². The molecular weight excluding hydrogens is 272 g/mol. The van der Waals surface area contributed by atoms with Gasteiger partial charge in [-0.3, -0.25) is 9.59 Å². The van der Waals surface area contributed by atoms with Crippen LogP contribution in [0.1, 0.15) is 58.3 Å². The van der Waals surface area contributed by atoms with E-state index in [4.69, 9.17) is 0 Å². The van der Waals surface area contributed by atoms with Crippen LogP contribution in [0.3, 0.4) is 0 Å². The normalized spacial score (nSPS) is 21.5. The summed E-state index contributed by atoms with van der Waals surface area (Å²) < 4.78 is 4.57. The quantitative estimate of drug-likeness (QED) is 0.340. The van der Waals surface area contributed by atoms with Crippen molar-refractivity contribution in [3.8, 4) is 0 Å². The molecule has 2 aliphatic carbocycles. The minimum atomic E-state index is -0.430. The van der Waals surface area contributed by atoms with Gasteiger partial charge in [-0.25, -0.2) is 0 Å². The van der Waals surface area contributed by atoms with Crippen molar-refractivity contribution in [2.45, 2.75) is 58.3 Å². The topological polar surface area (TPSA) is 43.4 Å². The Balaban J connectivity index is 0.000000405. The Morgan fingerprint density at radius 1 is 1.17 bits per heavy atom. The molecule has 0 bridgehead atoms. The van der Waals surface area contributed by atoms with Crippen molar-refractivity contribution < 1.29 is 31.4 Å². The molecule has 0 radical (unpaired) electrons. The van der Waals surface area contributed by atoms with Crippen molar-refractivity contribution in [2.75, 3.05) is 0 Å². The molecule has 3 nitrogen and oxygen atoms in total. The van der Waals surface area contributed by atoms with Crippen molar-refractivity contribution in [2.24, 2.45) is 5.92 Å². The van der Waals surface area contributed by atoms with Gasteiger partial charge in [-0.05, 0) is 0 Å². The fraction of sp³-hybridized carbons (Fsp3) is 0.714. The van der Waals surface area contributed by atoms with E-state index in [2.05, 4.69) is 11.2 Å². The minimum Gasteiger partial charge on any atom is -0.395 e. The molecule has 0 amide bonds. The first-order valence-corrected chi connectivity index (χ1v) is 6.63. The summed E-state index contributed by atoms with van der Waals surface area (Å²) in [5, 5.41) is 0. The fourth-order valence-corrected chi connectivity index (χ4v) is 1.97. The molecule has 0 aromatic heterocycles. The second-order valence-electron chi connectivity index (χ2n) is 4.49. The summed E-state index contributed by atoms with van der Waals surface area (Å²) in [7, 11) is 0. The Kier molecular flexibility index (Phi) is 10.4. The number of carbonyl (C=O) groups is 2. The number of carbonyl (C=O) groups excluding carboxylic acids is 2. The summed E-state index contributed by atoms with van der Waals surface area (Å²) in [6.07, 6.45) is 13.0. The Bertz CT molecular complexity index is 236. The van der Waals surface area contributed by atoms with Crippen LogP contribution in [0, 0.1) is 18.8 Å². The van der Waals surface area contributed by atoms with Crippen LogP contribution in [0.25, 0.3) is 0 Å². The van der Waals surface area contributed by atoms with E-state index in [-0.39, 0.29) is 35.4 Å². The van der Waals surface area contributed by atoms with E-state index in [0.29, 0.717) is 0 Å². The van der Waals surface area contributed by atoms with Crippen molar-refractivity contribution in [1.29, 1.82) is 0 Å². The second-order valence-corrected chi connectivity index (χ2v) is 4.49. The number of rotatable bonds is 2. The average molecular weight is 294 g/mol. The maximum absolute atomic E-state index is 11.1. The number of ether oxygens (including phenoxy) is 1. The molecule has 2 saturated carbocycles. The van der Waals surface area contributed by atoms with Crippen LogP contribution in [0.2, 0.25) is 0 Å². The molecule has 104 valence electrons. The molecular formula is C14H22FeO3. The van der Waals surface area contributed by atoms with Gasteiger partial charge in [-0.1, -0.05) is 38.5 Å². The van der Waals surface area contributed by atoms with Crippen LogP contribution in [0.15, 0.2) is 0 Å². The van der Waals surface area contributed by atoms with Crippen molar-refractivity contribution in [3.63, 3.8) is 0 Å². The van der Waals surface area contributed by atoms with Crippen LogP contribution in [0.5, 0.6) is 0 Å². The number of esters is 2. The molecule has 0 spiro atoms. The predicted molar refractivity (Wildman–Crippen MR) is 65.8 cm³/mol. The van der Waals surface area contributed by atoms with Crippen molar-refractivity contribution in [3.05, 3.63) is 12.8 Å². The van der Waals surface area contributed by atoms with Crippen LogP contribution in [0.4, 0.5) is 0 Å². The molecule has 4 heteroatoms. The predicted octanol–water partition coefficient (Wildman–Crippen LogP) is 3.23. The summed E-state index contributed by atoms with van der Waals surface area (Å²) in [5.41, 5.74) is 0. The molecule has 2 rings (SSSR count). The Morgan fingerprint density at radius 2 is 1.83 bits per heavy atom. The second kappa shape index (κ2) is 10.6. The molecule has 2 fully saturated rings. The third kappa shape index (κ3) is 7.17. The summed E-state index contributed by atoms with van der Waals surface area (Å²) in [4.78, 5) is 21.9. The monoisotopic (exact) mass is 294 g/mol. The molecule has 0 aromatic rings. The Morgan fingerprint density at radius 3 is 2.22 bits per heavy atom. The third-order valence-electron chi connectivity index (χ3n) is 3.04. The van der Waals surface area contributed by atoms with E-state index in [0.717, 1.165) is 19.3 Å². The standard InChI is InChI=1S/C9H13O3.C5H9.Fe/c1-2-8(10)12-9(11)7-5-3-4-6-7;1-2-4-5-3-1;/h5,7H,2-4,6H2,1H3;1H,2-5H2;/q2*-1;+2. The zero-order chi connectivity index (χ0) is 12.5. The first kappa shape index (κ1) is 17.7. The van der Waals surface area contributed by atoms with Crippen molar-refractivity contribution >= 4 is 11.9 Å². The molecule has 2 aliphatic rings. The first-order valence-electron chi connectivity index (χ1n) is 6.63. The summed E-state index contributed by atoms with van der Waals surface area (Å²) in [6, 6.07) is 0. The maximum Gasteiger partial charge on any atom is 2.00 e. The van der Waals surface area contributed by atoms with E-state index in [1.165, 1.54) is 25.7 Å². The van der Waals surface area contributed by atoms with Gasteiger partial charge in [0.2, 0.25) is 0 Å². The zero-order valence-corrected chi connectivity index (χ0v) is 12.1. The van der Waals surface area contributed by atoms with Gasteiger partial charge in [-0.15, -0.1) is 0 Å². The smallest absolute Gasteiger partial charge is 0.395 e. The molecule has 1 unspecified atom stereocenters. The molecule has 0 aromatic carbocycles. The minimum absolute atomic E-state index is 0. The van der Waals surface area contributed by atoms with Gasteiger partial charge in [-0.2, -0.15) is 19.3 Å². The molecule has 0 aliphatic heterocycles. The third-order valence-corrected chi connectivity index (χ3v) is 3.04.